The maximum Gasteiger partial charge on any atom is 0.246 e. The first-order valence-corrected chi connectivity index (χ1v) is 7.80. The number of hydrogen-bond acceptors (Lipinski definition) is 4. The van der Waals surface area contributed by atoms with E-state index in [4.69, 9.17) is 0 Å². The Balaban J connectivity index is 1.55. The average molecular weight is 319 g/mol. The fraction of sp³-hybridized carbons (Fsp3) is 0.167. The highest BCUT2D eigenvalue weighted by Gasteiger charge is 2.29. The topological polar surface area (TPSA) is 73.9 Å². The molecule has 1 fully saturated rings. The van der Waals surface area contributed by atoms with Gasteiger partial charge in [0.2, 0.25) is 5.91 Å². The second-order valence-electron chi connectivity index (χ2n) is 5.85. The number of aromatic nitrogens is 3. The van der Waals surface area contributed by atoms with Gasteiger partial charge in [-0.2, -0.15) is 0 Å². The number of aromatic amines is 1. The number of fused-ring (bicyclic) bond motifs is 1. The quantitative estimate of drug-likeness (QED) is 0.724. The predicted octanol–water partition coefficient (Wildman–Crippen LogP) is 2.43. The van der Waals surface area contributed by atoms with Gasteiger partial charge in [0, 0.05) is 42.6 Å². The average Bonchev–Trinajstić information content (AvgIpc) is 3.01. The largest absolute Gasteiger partial charge is 0.377 e. The van der Waals surface area contributed by atoms with Gasteiger partial charge >= 0.3 is 0 Å². The number of amides is 1. The summed E-state index contributed by atoms with van der Waals surface area (Å²) in [7, 11) is 0. The Kier molecular flexibility index (Phi) is 3.49. The van der Waals surface area contributed by atoms with E-state index in [9.17, 15) is 4.79 Å². The minimum atomic E-state index is -0.0211. The van der Waals surface area contributed by atoms with Crippen LogP contribution in [0.25, 0.3) is 22.2 Å². The van der Waals surface area contributed by atoms with Crippen LogP contribution in [0.3, 0.4) is 0 Å². The van der Waals surface area contributed by atoms with E-state index in [-0.39, 0.29) is 11.9 Å². The zero-order valence-electron chi connectivity index (χ0n) is 13.1. The first-order chi connectivity index (χ1) is 11.7. The molecule has 4 heterocycles. The molecule has 0 aliphatic carbocycles. The van der Waals surface area contributed by atoms with Gasteiger partial charge in [0.1, 0.15) is 5.65 Å². The molecule has 1 amide bonds. The number of pyridine rings is 2. The summed E-state index contributed by atoms with van der Waals surface area (Å²) in [5.74, 6) is -0.0211. The Morgan fingerprint density at radius 1 is 1.38 bits per heavy atom. The maximum absolute atomic E-state index is 11.5. The van der Waals surface area contributed by atoms with Crippen LogP contribution in [0.2, 0.25) is 0 Å². The number of likely N-dealkylation sites (tertiary alicyclic amines) is 1. The molecule has 4 rings (SSSR count). The normalized spacial score (nSPS) is 14.4. The zero-order valence-corrected chi connectivity index (χ0v) is 13.1. The van der Waals surface area contributed by atoms with Crippen LogP contribution in [-0.2, 0) is 4.79 Å². The Morgan fingerprint density at radius 2 is 2.17 bits per heavy atom. The minimum Gasteiger partial charge on any atom is -0.377 e. The summed E-state index contributed by atoms with van der Waals surface area (Å²) < 4.78 is 0. The molecule has 0 radical (unpaired) electrons. The lowest BCUT2D eigenvalue weighted by molar-refractivity contribution is -0.129. The van der Waals surface area contributed by atoms with Gasteiger partial charge in [-0.25, -0.2) is 4.98 Å². The summed E-state index contributed by atoms with van der Waals surface area (Å²) in [4.78, 5) is 25.0. The fourth-order valence-electron chi connectivity index (χ4n) is 2.97. The molecule has 120 valence electrons. The third kappa shape index (κ3) is 2.52. The molecule has 1 aliphatic rings. The molecule has 0 saturated carbocycles. The number of anilines is 1. The highest BCUT2D eigenvalue weighted by Crippen LogP contribution is 2.29. The Morgan fingerprint density at radius 3 is 2.92 bits per heavy atom. The second-order valence-corrected chi connectivity index (χ2v) is 5.85. The van der Waals surface area contributed by atoms with E-state index < -0.39 is 0 Å². The molecular formula is C18H17N5O. The molecule has 3 aromatic heterocycles. The zero-order chi connectivity index (χ0) is 16.5. The number of carbonyl (C=O) groups excluding carboxylic acids is 1. The third-order valence-corrected chi connectivity index (χ3v) is 4.26. The minimum absolute atomic E-state index is 0.0211. The van der Waals surface area contributed by atoms with Crippen LogP contribution < -0.4 is 5.32 Å². The second kappa shape index (κ2) is 5.81. The summed E-state index contributed by atoms with van der Waals surface area (Å²) in [5, 5.41) is 4.49. The molecule has 0 bridgehead atoms. The van der Waals surface area contributed by atoms with Crippen molar-refractivity contribution >= 4 is 22.6 Å². The van der Waals surface area contributed by atoms with Crippen molar-refractivity contribution in [1.29, 1.82) is 0 Å². The Bertz CT molecular complexity index is 896. The SMILES string of the molecule is C=CC(=O)N1CC(Nc2cnc3[nH]cc(-c4ccncc4)c3c2)C1. The van der Waals surface area contributed by atoms with E-state index in [1.165, 1.54) is 6.08 Å². The number of carbonyl (C=O) groups is 1. The first-order valence-electron chi connectivity index (χ1n) is 7.80. The van der Waals surface area contributed by atoms with Gasteiger partial charge in [-0.1, -0.05) is 6.58 Å². The lowest BCUT2D eigenvalue weighted by Gasteiger charge is -2.39. The predicted molar refractivity (Wildman–Crippen MR) is 93.5 cm³/mol. The van der Waals surface area contributed by atoms with E-state index in [1.54, 1.807) is 17.3 Å². The summed E-state index contributed by atoms with van der Waals surface area (Å²) >= 11 is 0. The first kappa shape index (κ1) is 14.4. The molecule has 0 aromatic carbocycles. The molecule has 0 unspecified atom stereocenters. The van der Waals surface area contributed by atoms with Crippen LogP contribution in [0.1, 0.15) is 0 Å². The van der Waals surface area contributed by atoms with Gasteiger partial charge < -0.3 is 15.2 Å². The molecule has 2 N–H and O–H groups in total. The van der Waals surface area contributed by atoms with Gasteiger partial charge in [0.25, 0.3) is 0 Å². The fourth-order valence-corrected chi connectivity index (χ4v) is 2.97. The van der Waals surface area contributed by atoms with Crippen LogP contribution in [0.5, 0.6) is 0 Å². The number of nitrogens with one attached hydrogen (secondary N) is 2. The van der Waals surface area contributed by atoms with Gasteiger partial charge in [0.05, 0.1) is 17.9 Å². The number of rotatable bonds is 4. The third-order valence-electron chi connectivity index (χ3n) is 4.26. The maximum atomic E-state index is 11.5. The van der Waals surface area contributed by atoms with Gasteiger partial charge in [-0.3, -0.25) is 9.78 Å². The highest BCUT2D eigenvalue weighted by atomic mass is 16.2. The molecule has 1 aliphatic heterocycles. The van der Waals surface area contributed by atoms with Crippen molar-refractivity contribution in [3.05, 3.63) is 55.6 Å². The van der Waals surface area contributed by atoms with E-state index in [0.717, 1.165) is 27.8 Å². The molecule has 3 aromatic rings. The Hall–Kier alpha value is -3.15. The van der Waals surface area contributed by atoms with Crippen LogP contribution in [0.15, 0.2) is 55.6 Å². The van der Waals surface area contributed by atoms with Crippen LogP contribution >= 0.6 is 0 Å². The molecule has 0 spiro atoms. The smallest absolute Gasteiger partial charge is 0.246 e. The van der Waals surface area contributed by atoms with E-state index in [0.29, 0.717) is 13.1 Å². The van der Waals surface area contributed by atoms with Gasteiger partial charge in [-0.15, -0.1) is 0 Å². The highest BCUT2D eigenvalue weighted by molar-refractivity contribution is 5.95. The van der Waals surface area contributed by atoms with Crippen LogP contribution in [0.4, 0.5) is 5.69 Å². The van der Waals surface area contributed by atoms with Crippen molar-refractivity contribution in [2.75, 3.05) is 18.4 Å². The van der Waals surface area contributed by atoms with Crippen LogP contribution in [0, 0.1) is 0 Å². The van der Waals surface area contributed by atoms with Crippen molar-refractivity contribution in [2.45, 2.75) is 6.04 Å². The van der Waals surface area contributed by atoms with E-state index in [2.05, 4.69) is 32.9 Å². The molecule has 6 heteroatoms. The molecule has 24 heavy (non-hydrogen) atoms. The monoisotopic (exact) mass is 319 g/mol. The molecule has 0 atom stereocenters. The van der Waals surface area contributed by atoms with Crippen molar-refractivity contribution in [3.63, 3.8) is 0 Å². The molecule has 1 saturated heterocycles. The molecular weight excluding hydrogens is 302 g/mol. The van der Waals surface area contributed by atoms with Gasteiger partial charge in [0.15, 0.2) is 0 Å². The van der Waals surface area contributed by atoms with E-state index in [1.807, 2.05) is 24.5 Å². The number of nitrogens with zero attached hydrogens (tertiary/aromatic N) is 3. The van der Waals surface area contributed by atoms with Crippen molar-refractivity contribution in [3.8, 4) is 11.1 Å². The van der Waals surface area contributed by atoms with Crippen molar-refractivity contribution in [1.82, 2.24) is 19.9 Å². The summed E-state index contributed by atoms with van der Waals surface area (Å²) in [6.45, 7) is 4.89. The summed E-state index contributed by atoms with van der Waals surface area (Å²) in [5.41, 5.74) is 4.00. The summed E-state index contributed by atoms with van der Waals surface area (Å²) in [6.07, 6.45) is 8.69. The van der Waals surface area contributed by atoms with E-state index >= 15 is 0 Å². The number of hydrogen-bond donors (Lipinski definition) is 2. The summed E-state index contributed by atoms with van der Waals surface area (Å²) in [6, 6.07) is 6.30. The van der Waals surface area contributed by atoms with Crippen molar-refractivity contribution < 1.29 is 4.79 Å². The number of H-pyrrole nitrogens is 1. The lowest BCUT2D eigenvalue weighted by Crippen LogP contribution is -2.56. The van der Waals surface area contributed by atoms with Crippen molar-refractivity contribution in [2.24, 2.45) is 0 Å². The Labute approximate surface area is 139 Å². The van der Waals surface area contributed by atoms with Crippen LogP contribution in [-0.4, -0.2) is 44.9 Å². The standard InChI is InChI=1S/C18H17N5O/c1-2-17(24)23-10-14(11-23)22-13-7-15-16(9-21-18(15)20-8-13)12-3-5-19-6-4-12/h2-9,14,22H,1,10-11H2,(H,20,21). The lowest BCUT2D eigenvalue weighted by atomic mass is 10.1. The van der Waals surface area contributed by atoms with Gasteiger partial charge in [-0.05, 0) is 29.8 Å². The molecule has 6 nitrogen and oxygen atoms in total.